The summed E-state index contributed by atoms with van der Waals surface area (Å²) in [7, 11) is 0. The van der Waals surface area contributed by atoms with E-state index in [1.807, 2.05) is 6.07 Å². The van der Waals surface area contributed by atoms with E-state index in [-0.39, 0.29) is 17.3 Å². The van der Waals surface area contributed by atoms with Gasteiger partial charge in [-0.2, -0.15) is 0 Å². The number of halogens is 1. The van der Waals surface area contributed by atoms with Gasteiger partial charge in [0.25, 0.3) is 0 Å². The summed E-state index contributed by atoms with van der Waals surface area (Å²) in [5, 5.41) is 3.64. The van der Waals surface area contributed by atoms with Gasteiger partial charge in [-0.15, -0.1) is 0 Å². The molecule has 0 radical (unpaired) electrons. The first-order valence-electron chi connectivity index (χ1n) is 9.63. The van der Waals surface area contributed by atoms with Crippen molar-refractivity contribution in [2.24, 2.45) is 0 Å². The summed E-state index contributed by atoms with van der Waals surface area (Å²) in [6.07, 6.45) is 3.25. The van der Waals surface area contributed by atoms with Crippen molar-refractivity contribution in [3.63, 3.8) is 0 Å². The summed E-state index contributed by atoms with van der Waals surface area (Å²) in [6, 6.07) is 18.0. The first kappa shape index (κ1) is 17.4. The van der Waals surface area contributed by atoms with Gasteiger partial charge in [-0.25, -0.2) is 4.39 Å². The van der Waals surface area contributed by atoms with Gasteiger partial charge >= 0.3 is 0 Å². The van der Waals surface area contributed by atoms with E-state index in [4.69, 9.17) is 0 Å². The van der Waals surface area contributed by atoms with E-state index in [9.17, 15) is 4.39 Å². The van der Waals surface area contributed by atoms with Crippen LogP contribution in [0.5, 0.6) is 0 Å². The Balaban J connectivity index is 1.85. The molecular formula is C23H27FN2. The number of nitrogens with zero attached hydrogens (tertiary/aromatic N) is 1. The third-order valence-corrected chi connectivity index (χ3v) is 6.04. The number of piperidine rings is 2. The minimum atomic E-state index is -0.170. The van der Waals surface area contributed by atoms with Crippen molar-refractivity contribution in [1.29, 1.82) is 0 Å². The van der Waals surface area contributed by atoms with E-state index in [0.29, 0.717) is 0 Å². The number of hydrogen-bond donors (Lipinski definition) is 1. The van der Waals surface area contributed by atoms with Gasteiger partial charge in [-0.3, -0.25) is 4.90 Å². The van der Waals surface area contributed by atoms with Gasteiger partial charge in [-0.1, -0.05) is 54.6 Å². The monoisotopic (exact) mass is 350 g/mol. The minimum Gasteiger partial charge on any atom is -0.314 e. The highest BCUT2D eigenvalue weighted by Crippen LogP contribution is 2.46. The predicted octanol–water partition coefficient (Wildman–Crippen LogP) is 4.45. The molecule has 0 aliphatic carbocycles. The van der Waals surface area contributed by atoms with Crippen LogP contribution < -0.4 is 5.32 Å². The Kier molecular flexibility index (Phi) is 4.92. The molecule has 2 unspecified atom stereocenters. The summed E-state index contributed by atoms with van der Waals surface area (Å²) in [5.74, 6) is 0.110. The SMILES string of the molecule is C=C1CCCN(C2(c3ccccc3)CNCCC2c2cccc(F)c2)C1. The zero-order chi connectivity index (χ0) is 18.0. The summed E-state index contributed by atoms with van der Waals surface area (Å²) in [6.45, 7) is 8.09. The van der Waals surface area contributed by atoms with E-state index in [1.165, 1.54) is 17.2 Å². The fourth-order valence-electron chi connectivity index (χ4n) is 4.89. The van der Waals surface area contributed by atoms with Gasteiger partial charge in [0, 0.05) is 19.0 Å². The first-order chi connectivity index (χ1) is 12.7. The van der Waals surface area contributed by atoms with Gasteiger partial charge in [0.15, 0.2) is 0 Å². The second-order valence-electron chi connectivity index (χ2n) is 7.64. The van der Waals surface area contributed by atoms with Crippen LogP contribution in [-0.2, 0) is 5.54 Å². The standard InChI is InChI=1S/C23H27FN2/c1-18-7-6-14-26(16-18)23(20-9-3-2-4-10-20)17-25-13-12-22(23)19-8-5-11-21(24)15-19/h2-5,8-11,15,22,25H,1,6-7,12-14,16-17H2. The van der Waals surface area contributed by atoms with E-state index in [0.717, 1.165) is 51.0 Å². The molecule has 0 bridgehead atoms. The fraction of sp³-hybridized carbons (Fsp3) is 0.391. The Morgan fingerprint density at radius 3 is 2.73 bits per heavy atom. The normalized spacial score (nSPS) is 27.4. The Hall–Kier alpha value is -1.97. The lowest BCUT2D eigenvalue weighted by Crippen LogP contribution is -2.60. The summed E-state index contributed by atoms with van der Waals surface area (Å²) in [4.78, 5) is 2.59. The average molecular weight is 350 g/mol. The molecule has 2 aromatic carbocycles. The highest BCUT2D eigenvalue weighted by Gasteiger charge is 2.47. The van der Waals surface area contributed by atoms with E-state index < -0.39 is 0 Å². The van der Waals surface area contributed by atoms with Crippen molar-refractivity contribution in [2.45, 2.75) is 30.7 Å². The number of hydrogen-bond acceptors (Lipinski definition) is 2. The van der Waals surface area contributed by atoms with Crippen molar-refractivity contribution in [3.05, 3.63) is 83.7 Å². The molecule has 1 N–H and O–H groups in total. The maximum Gasteiger partial charge on any atom is 0.123 e. The molecule has 0 saturated carbocycles. The number of likely N-dealkylation sites (tertiary alicyclic amines) is 1. The number of nitrogens with one attached hydrogen (secondary N) is 1. The van der Waals surface area contributed by atoms with Crippen molar-refractivity contribution in [1.82, 2.24) is 10.2 Å². The molecule has 0 aromatic heterocycles. The van der Waals surface area contributed by atoms with Crippen molar-refractivity contribution >= 4 is 0 Å². The molecule has 26 heavy (non-hydrogen) atoms. The van der Waals surface area contributed by atoms with Crippen LogP contribution in [0, 0.1) is 5.82 Å². The molecule has 2 heterocycles. The van der Waals surface area contributed by atoms with E-state index in [2.05, 4.69) is 53.2 Å². The third-order valence-electron chi connectivity index (χ3n) is 6.04. The van der Waals surface area contributed by atoms with Crippen LogP contribution >= 0.6 is 0 Å². The lowest BCUT2D eigenvalue weighted by molar-refractivity contribution is 0.0358. The van der Waals surface area contributed by atoms with E-state index >= 15 is 0 Å². The molecule has 136 valence electrons. The van der Waals surface area contributed by atoms with Crippen LogP contribution in [0.3, 0.4) is 0 Å². The number of benzene rings is 2. The molecule has 2 nitrogen and oxygen atoms in total. The molecule has 0 spiro atoms. The summed E-state index contributed by atoms with van der Waals surface area (Å²) in [5.41, 5.74) is 3.55. The maximum atomic E-state index is 14.0. The van der Waals surface area contributed by atoms with Gasteiger partial charge in [0.1, 0.15) is 5.82 Å². The summed E-state index contributed by atoms with van der Waals surface area (Å²) < 4.78 is 14.0. The molecular weight excluding hydrogens is 323 g/mol. The Bertz CT molecular complexity index is 773. The topological polar surface area (TPSA) is 15.3 Å². The van der Waals surface area contributed by atoms with Gasteiger partial charge < -0.3 is 5.32 Å². The second-order valence-corrected chi connectivity index (χ2v) is 7.64. The van der Waals surface area contributed by atoms with Crippen LogP contribution in [0.25, 0.3) is 0 Å². The Labute approximate surface area is 155 Å². The van der Waals surface area contributed by atoms with Crippen molar-refractivity contribution < 1.29 is 4.39 Å². The molecule has 3 heteroatoms. The molecule has 2 aliphatic rings. The lowest BCUT2D eigenvalue weighted by atomic mass is 9.69. The zero-order valence-electron chi connectivity index (χ0n) is 15.3. The molecule has 0 amide bonds. The second kappa shape index (κ2) is 7.34. The highest BCUT2D eigenvalue weighted by atomic mass is 19.1. The summed E-state index contributed by atoms with van der Waals surface area (Å²) >= 11 is 0. The van der Waals surface area contributed by atoms with Gasteiger partial charge in [0.2, 0.25) is 0 Å². The van der Waals surface area contributed by atoms with E-state index in [1.54, 1.807) is 6.07 Å². The maximum absolute atomic E-state index is 14.0. The Morgan fingerprint density at radius 1 is 1.12 bits per heavy atom. The molecule has 2 aliphatic heterocycles. The number of rotatable bonds is 3. The van der Waals surface area contributed by atoms with Crippen LogP contribution in [0.2, 0.25) is 0 Å². The van der Waals surface area contributed by atoms with Crippen LogP contribution in [0.1, 0.15) is 36.3 Å². The quantitative estimate of drug-likeness (QED) is 0.823. The van der Waals surface area contributed by atoms with Crippen LogP contribution in [0.15, 0.2) is 66.7 Å². The molecule has 2 fully saturated rings. The smallest absolute Gasteiger partial charge is 0.123 e. The molecule has 2 atom stereocenters. The molecule has 4 rings (SSSR count). The Morgan fingerprint density at radius 2 is 1.96 bits per heavy atom. The van der Waals surface area contributed by atoms with Crippen molar-refractivity contribution in [3.8, 4) is 0 Å². The largest absolute Gasteiger partial charge is 0.314 e. The predicted molar refractivity (Wildman–Crippen MR) is 105 cm³/mol. The molecule has 2 aromatic rings. The minimum absolute atomic E-state index is 0.147. The third kappa shape index (κ3) is 3.10. The van der Waals surface area contributed by atoms with Crippen molar-refractivity contribution in [2.75, 3.05) is 26.2 Å². The zero-order valence-corrected chi connectivity index (χ0v) is 15.3. The average Bonchev–Trinajstić information content (AvgIpc) is 2.68. The van der Waals surface area contributed by atoms with Gasteiger partial charge in [-0.05, 0) is 55.6 Å². The first-order valence-corrected chi connectivity index (χ1v) is 9.63. The lowest BCUT2D eigenvalue weighted by Gasteiger charge is -2.53. The molecule has 2 saturated heterocycles. The van der Waals surface area contributed by atoms with Crippen LogP contribution in [0.4, 0.5) is 4.39 Å². The highest BCUT2D eigenvalue weighted by molar-refractivity contribution is 5.36. The fourth-order valence-corrected chi connectivity index (χ4v) is 4.89. The van der Waals surface area contributed by atoms with Crippen LogP contribution in [-0.4, -0.2) is 31.1 Å². The van der Waals surface area contributed by atoms with Gasteiger partial charge in [0.05, 0.1) is 5.54 Å².